The molecule has 5 heteroatoms. The van der Waals surface area contributed by atoms with E-state index in [2.05, 4.69) is 41.9 Å². The highest BCUT2D eigenvalue weighted by atomic mass is 16.2. The predicted octanol–water partition coefficient (Wildman–Crippen LogP) is 3.77. The zero-order valence-corrected chi connectivity index (χ0v) is 15.7. The Morgan fingerprint density at radius 1 is 1.23 bits per heavy atom. The fourth-order valence-corrected chi connectivity index (χ4v) is 4.49. The first kappa shape index (κ1) is 17.1. The molecule has 1 aliphatic heterocycles. The molecule has 1 aromatic heterocycles. The molecule has 0 radical (unpaired) electrons. The Kier molecular flexibility index (Phi) is 4.47. The molecule has 0 bridgehead atoms. The topological polar surface area (TPSA) is 54.3 Å². The van der Waals surface area contributed by atoms with Gasteiger partial charge in [-0.1, -0.05) is 24.5 Å². The van der Waals surface area contributed by atoms with E-state index in [1.54, 1.807) is 0 Å². The van der Waals surface area contributed by atoms with Crippen LogP contribution in [0.15, 0.2) is 18.2 Å². The van der Waals surface area contributed by atoms with Crippen molar-refractivity contribution < 1.29 is 9.59 Å². The number of amides is 2. The van der Waals surface area contributed by atoms with Crippen LogP contribution in [0.1, 0.15) is 61.5 Å². The first-order valence-electron chi connectivity index (χ1n) is 9.84. The van der Waals surface area contributed by atoms with E-state index >= 15 is 0 Å². The van der Waals surface area contributed by atoms with E-state index in [9.17, 15) is 9.59 Å². The molecule has 5 nitrogen and oxygen atoms in total. The molecule has 1 aliphatic carbocycles. The van der Waals surface area contributed by atoms with Crippen LogP contribution in [0.5, 0.6) is 0 Å². The molecule has 1 aromatic carbocycles. The molecule has 2 amide bonds. The zero-order chi connectivity index (χ0) is 18.3. The van der Waals surface area contributed by atoms with Crippen molar-refractivity contribution in [2.75, 3.05) is 11.4 Å². The van der Waals surface area contributed by atoms with Gasteiger partial charge in [-0.25, -0.2) is 0 Å². The van der Waals surface area contributed by atoms with Crippen molar-refractivity contribution in [3.63, 3.8) is 0 Å². The number of nitrogens with zero attached hydrogens (tertiary/aromatic N) is 2. The number of hydrogen-bond donors (Lipinski definition) is 1. The number of anilines is 1. The molecule has 26 heavy (non-hydrogen) atoms. The van der Waals surface area contributed by atoms with Gasteiger partial charge in [0, 0.05) is 30.9 Å². The van der Waals surface area contributed by atoms with Gasteiger partial charge in [-0.05, 0) is 45.2 Å². The molecule has 1 N–H and O–H groups in total. The van der Waals surface area contributed by atoms with Gasteiger partial charge in [0.05, 0.1) is 11.2 Å². The van der Waals surface area contributed by atoms with Crippen LogP contribution in [0.2, 0.25) is 0 Å². The van der Waals surface area contributed by atoms with Gasteiger partial charge in [0.15, 0.2) is 0 Å². The zero-order valence-electron chi connectivity index (χ0n) is 15.7. The number of aromatic nitrogens is 1. The molecule has 2 aromatic rings. The average Bonchev–Trinajstić information content (AvgIpc) is 3.33. The Morgan fingerprint density at radius 3 is 2.65 bits per heavy atom. The summed E-state index contributed by atoms with van der Waals surface area (Å²) in [5, 5.41) is 4.24. The van der Waals surface area contributed by atoms with Gasteiger partial charge >= 0.3 is 0 Å². The molecule has 0 unspecified atom stereocenters. The minimum atomic E-state index is -0.0395. The van der Waals surface area contributed by atoms with Crippen LogP contribution in [0, 0.1) is 6.92 Å². The molecule has 0 atom stereocenters. The lowest BCUT2D eigenvalue weighted by Crippen LogP contribution is -2.36. The van der Waals surface area contributed by atoms with E-state index in [0.29, 0.717) is 25.2 Å². The van der Waals surface area contributed by atoms with Gasteiger partial charge in [-0.2, -0.15) is 0 Å². The van der Waals surface area contributed by atoms with Crippen LogP contribution in [-0.2, 0) is 11.3 Å². The number of benzene rings is 1. The predicted molar refractivity (Wildman–Crippen MR) is 104 cm³/mol. The second-order valence-corrected chi connectivity index (χ2v) is 7.57. The van der Waals surface area contributed by atoms with E-state index in [0.717, 1.165) is 41.4 Å². The second kappa shape index (κ2) is 6.78. The highest BCUT2D eigenvalue weighted by molar-refractivity contribution is 6.14. The smallest absolute Gasteiger partial charge is 0.270 e. The van der Waals surface area contributed by atoms with Gasteiger partial charge < -0.3 is 14.8 Å². The highest BCUT2D eigenvalue weighted by Gasteiger charge is 2.32. The summed E-state index contributed by atoms with van der Waals surface area (Å²) >= 11 is 0. The largest absolute Gasteiger partial charge is 0.348 e. The summed E-state index contributed by atoms with van der Waals surface area (Å²) in [4.78, 5) is 27.6. The Bertz CT molecular complexity index is 862. The molecule has 2 fully saturated rings. The maximum absolute atomic E-state index is 13.2. The lowest BCUT2D eigenvalue weighted by atomic mass is 10.1. The minimum Gasteiger partial charge on any atom is -0.348 e. The van der Waals surface area contributed by atoms with Gasteiger partial charge in [0.1, 0.15) is 5.69 Å². The van der Waals surface area contributed by atoms with E-state index in [-0.39, 0.29) is 17.9 Å². The monoisotopic (exact) mass is 353 g/mol. The van der Waals surface area contributed by atoms with E-state index in [1.807, 2.05) is 4.90 Å². The van der Waals surface area contributed by atoms with E-state index in [1.165, 1.54) is 12.8 Å². The maximum atomic E-state index is 13.2. The number of rotatable bonds is 4. The summed E-state index contributed by atoms with van der Waals surface area (Å²) in [7, 11) is 0. The summed E-state index contributed by atoms with van der Waals surface area (Å²) in [6, 6.07) is 6.51. The molecule has 2 aliphatic rings. The van der Waals surface area contributed by atoms with Crippen LogP contribution in [0.25, 0.3) is 10.9 Å². The van der Waals surface area contributed by atoms with E-state index in [4.69, 9.17) is 0 Å². The van der Waals surface area contributed by atoms with Crippen molar-refractivity contribution in [1.29, 1.82) is 0 Å². The van der Waals surface area contributed by atoms with Crippen LogP contribution in [0.3, 0.4) is 0 Å². The molecule has 1 saturated heterocycles. The highest BCUT2D eigenvalue weighted by Crippen LogP contribution is 2.37. The van der Waals surface area contributed by atoms with Gasteiger partial charge in [-0.15, -0.1) is 0 Å². The summed E-state index contributed by atoms with van der Waals surface area (Å²) in [5.41, 5.74) is 3.63. The van der Waals surface area contributed by atoms with Crippen molar-refractivity contribution >= 4 is 28.4 Å². The molecular weight excluding hydrogens is 326 g/mol. The Hall–Kier alpha value is -2.30. The lowest BCUT2D eigenvalue weighted by molar-refractivity contribution is -0.117. The van der Waals surface area contributed by atoms with Crippen molar-refractivity contribution in [1.82, 2.24) is 9.88 Å². The van der Waals surface area contributed by atoms with Crippen molar-refractivity contribution in [3.8, 4) is 0 Å². The number of carbonyl (C=O) groups excluding carboxylic acids is 2. The Morgan fingerprint density at radius 2 is 2.00 bits per heavy atom. The third-order valence-corrected chi connectivity index (χ3v) is 5.76. The summed E-state index contributed by atoms with van der Waals surface area (Å²) in [6.07, 6.45) is 5.88. The van der Waals surface area contributed by atoms with Crippen LogP contribution in [-0.4, -0.2) is 29.0 Å². The van der Waals surface area contributed by atoms with Crippen molar-refractivity contribution in [3.05, 3.63) is 29.5 Å². The molecule has 1 saturated carbocycles. The number of hydrogen-bond acceptors (Lipinski definition) is 2. The van der Waals surface area contributed by atoms with E-state index < -0.39 is 0 Å². The van der Waals surface area contributed by atoms with Crippen molar-refractivity contribution in [2.45, 2.75) is 65.0 Å². The van der Waals surface area contributed by atoms with Crippen LogP contribution >= 0.6 is 0 Å². The SMILES string of the molecule is CCn1c(C(=O)NC2CCCC2)c(N2CCCC2=O)c2cc(C)ccc21. The number of nitrogens with one attached hydrogen (secondary N) is 1. The van der Waals surface area contributed by atoms with Gasteiger partial charge in [0.2, 0.25) is 5.91 Å². The van der Waals surface area contributed by atoms with Crippen molar-refractivity contribution in [2.24, 2.45) is 0 Å². The number of carbonyl (C=O) groups is 2. The third kappa shape index (κ3) is 2.79. The van der Waals surface area contributed by atoms with Gasteiger partial charge in [0.25, 0.3) is 5.91 Å². The minimum absolute atomic E-state index is 0.0395. The second-order valence-electron chi connectivity index (χ2n) is 7.57. The number of aryl methyl sites for hydroxylation is 2. The molecule has 138 valence electrons. The van der Waals surface area contributed by atoms with Gasteiger partial charge in [-0.3, -0.25) is 9.59 Å². The summed E-state index contributed by atoms with van der Waals surface area (Å²) in [6.45, 7) is 5.51. The fourth-order valence-electron chi connectivity index (χ4n) is 4.49. The molecule has 4 rings (SSSR count). The first-order chi connectivity index (χ1) is 12.6. The third-order valence-electron chi connectivity index (χ3n) is 5.76. The standard InChI is InChI=1S/C21H27N3O2/c1-3-23-17-11-10-14(2)13-16(17)19(24-12-6-9-18(24)25)20(23)21(26)22-15-7-4-5-8-15/h10-11,13,15H,3-9,12H2,1-2H3,(H,22,26). The normalized spacial score (nSPS) is 18.2. The fraction of sp³-hybridized carbons (Fsp3) is 0.524. The summed E-state index contributed by atoms with van der Waals surface area (Å²) < 4.78 is 2.07. The quantitative estimate of drug-likeness (QED) is 0.910. The molecule has 2 heterocycles. The first-order valence-corrected chi connectivity index (χ1v) is 9.84. The lowest BCUT2D eigenvalue weighted by Gasteiger charge is -2.20. The summed E-state index contributed by atoms with van der Waals surface area (Å²) in [5.74, 6) is 0.0823. The average molecular weight is 353 g/mol. The molecular formula is C21H27N3O2. The Labute approximate surface area is 154 Å². The Balaban J connectivity index is 1.88. The van der Waals surface area contributed by atoms with Crippen LogP contribution < -0.4 is 10.2 Å². The molecule has 0 spiro atoms. The van der Waals surface area contributed by atoms with Crippen LogP contribution in [0.4, 0.5) is 5.69 Å². The number of fused-ring (bicyclic) bond motifs is 1. The maximum Gasteiger partial charge on any atom is 0.270 e.